The predicted octanol–water partition coefficient (Wildman–Crippen LogP) is -0.128. The molecule has 1 aromatic rings. The lowest BCUT2D eigenvalue weighted by Crippen LogP contribution is -2.38. The van der Waals surface area contributed by atoms with Crippen LogP contribution in [0.1, 0.15) is 12.1 Å². The van der Waals surface area contributed by atoms with Gasteiger partial charge < -0.3 is 5.73 Å². The van der Waals surface area contributed by atoms with E-state index in [4.69, 9.17) is 11.1 Å². The molecule has 0 unspecified atom stereocenters. The fourth-order valence-corrected chi connectivity index (χ4v) is 1.95. The molecule has 0 aliphatic rings. The Morgan fingerprint density at radius 2 is 2.18 bits per heavy atom. The monoisotopic (exact) mass is 256 g/mol. The Morgan fingerprint density at radius 3 is 2.76 bits per heavy atom. The van der Waals surface area contributed by atoms with Gasteiger partial charge in [-0.05, 0) is 13.3 Å². The first kappa shape index (κ1) is 13.6. The van der Waals surface area contributed by atoms with Gasteiger partial charge in [-0.2, -0.15) is 0 Å². The van der Waals surface area contributed by atoms with E-state index in [0.29, 0.717) is 18.0 Å². The van der Waals surface area contributed by atoms with E-state index in [1.165, 1.54) is 24.9 Å². The minimum absolute atomic E-state index is 0.0783. The molecule has 1 rings (SSSR count). The highest BCUT2D eigenvalue weighted by Gasteiger charge is 2.05. The minimum Gasteiger partial charge on any atom is -0.379 e. The molecule has 0 fully saturated rings. The summed E-state index contributed by atoms with van der Waals surface area (Å²) in [6.07, 6.45) is 0.725. The fraction of sp³-hybridized carbons (Fsp3) is 0.500. The van der Waals surface area contributed by atoms with Crippen LogP contribution in [0.2, 0.25) is 0 Å². The zero-order chi connectivity index (χ0) is 13.0. The normalized spacial score (nSPS) is 10.5. The highest BCUT2D eigenvalue weighted by molar-refractivity contribution is 8.13. The van der Waals surface area contributed by atoms with Crippen molar-refractivity contribution in [3.8, 4) is 0 Å². The molecular formula is C10H16N4O2S. The third-order valence-electron chi connectivity index (χ3n) is 2.39. The van der Waals surface area contributed by atoms with Gasteiger partial charge in [-0.3, -0.25) is 19.3 Å². The smallest absolute Gasteiger partial charge is 0.330 e. The molecular weight excluding hydrogens is 240 g/mol. The number of hydrogen-bond donors (Lipinski definition) is 2. The number of thioether (sulfide) groups is 1. The van der Waals surface area contributed by atoms with E-state index in [-0.39, 0.29) is 16.4 Å². The molecule has 0 amide bonds. The van der Waals surface area contributed by atoms with Crippen LogP contribution in [-0.2, 0) is 13.6 Å². The Morgan fingerprint density at radius 1 is 1.53 bits per heavy atom. The molecule has 0 saturated carbocycles. The van der Waals surface area contributed by atoms with Gasteiger partial charge in [0.1, 0.15) is 0 Å². The van der Waals surface area contributed by atoms with Crippen LogP contribution in [0, 0.1) is 12.3 Å². The van der Waals surface area contributed by atoms with Crippen molar-refractivity contribution in [3.63, 3.8) is 0 Å². The first-order chi connectivity index (χ1) is 7.93. The molecule has 0 atom stereocenters. The lowest BCUT2D eigenvalue weighted by Gasteiger charge is -2.10. The van der Waals surface area contributed by atoms with Gasteiger partial charge in [0.15, 0.2) is 5.17 Å². The van der Waals surface area contributed by atoms with Crippen molar-refractivity contribution in [3.05, 3.63) is 32.6 Å². The van der Waals surface area contributed by atoms with Gasteiger partial charge in [-0.15, -0.1) is 0 Å². The van der Waals surface area contributed by atoms with Crippen molar-refractivity contribution in [2.24, 2.45) is 12.8 Å². The number of nitrogens with two attached hydrogens (primary N) is 1. The van der Waals surface area contributed by atoms with Crippen LogP contribution >= 0.6 is 11.8 Å². The molecule has 0 radical (unpaired) electrons. The zero-order valence-electron chi connectivity index (χ0n) is 9.90. The van der Waals surface area contributed by atoms with Crippen molar-refractivity contribution in [2.45, 2.75) is 19.9 Å². The van der Waals surface area contributed by atoms with Crippen LogP contribution < -0.4 is 17.0 Å². The van der Waals surface area contributed by atoms with Crippen LogP contribution in [0.3, 0.4) is 0 Å². The fourth-order valence-electron chi connectivity index (χ4n) is 1.46. The lowest BCUT2D eigenvalue weighted by atomic mass is 10.4. The SMILES string of the molecule is Cc1cc(=O)n(C)c(=O)n1CCCSC(=N)N. The summed E-state index contributed by atoms with van der Waals surface area (Å²) >= 11 is 1.25. The Hall–Kier alpha value is -1.50. The molecule has 1 aromatic heterocycles. The number of aromatic nitrogens is 2. The standard InChI is InChI=1S/C10H16N4O2S/c1-7-6-8(15)13(2)10(16)14(7)4-3-5-17-9(11)12/h6H,3-5H2,1-2H3,(H3,11,12). The summed E-state index contributed by atoms with van der Waals surface area (Å²) in [6.45, 7) is 2.26. The molecule has 3 N–H and O–H groups in total. The second kappa shape index (κ2) is 5.72. The molecule has 6 nitrogen and oxygen atoms in total. The minimum atomic E-state index is -0.303. The number of nitrogens with zero attached hydrogens (tertiary/aromatic N) is 2. The van der Waals surface area contributed by atoms with Crippen molar-refractivity contribution < 1.29 is 0 Å². The Bertz CT molecular complexity index is 532. The zero-order valence-corrected chi connectivity index (χ0v) is 10.7. The van der Waals surface area contributed by atoms with Crippen LogP contribution in [0.15, 0.2) is 15.7 Å². The Balaban J connectivity index is 2.79. The molecule has 94 valence electrons. The van der Waals surface area contributed by atoms with Gasteiger partial charge in [-0.25, -0.2) is 4.79 Å². The van der Waals surface area contributed by atoms with Gasteiger partial charge in [0, 0.05) is 31.1 Å². The molecule has 0 spiro atoms. The highest BCUT2D eigenvalue weighted by Crippen LogP contribution is 2.02. The topological polar surface area (TPSA) is 93.9 Å². The van der Waals surface area contributed by atoms with Gasteiger partial charge in [0.25, 0.3) is 5.56 Å². The van der Waals surface area contributed by atoms with E-state index in [9.17, 15) is 9.59 Å². The van der Waals surface area contributed by atoms with Crippen molar-refractivity contribution >= 4 is 16.9 Å². The highest BCUT2D eigenvalue weighted by atomic mass is 32.2. The number of aryl methyl sites for hydroxylation is 1. The Kier molecular flexibility index (Phi) is 4.56. The quantitative estimate of drug-likeness (QED) is 0.446. The van der Waals surface area contributed by atoms with Gasteiger partial charge >= 0.3 is 5.69 Å². The molecule has 7 heteroatoms. The third kappa shape index (κ3) is 3.48. The third-order valence-corrected chi connectivity index (χ3v) is 3.19. The summed E-state index contributed by atoms with van der Waals surface area (Å²) < 4.78 is 2.65. The van der Waals surface area contributed by atoms with Crippen LogP contribution in [0.25, 0.3) is 0 Å². The van der Waals surface area contributed by atoms with Crippen LogP contribution in [0.4, 0.5) is 0 Å². The maximum Gasteiger partial charge on any atom is 0.330 e. The largest absolute Gasteiger partial charge is 0.379 e. The second-order valence-corrected chi connectivity index (χ2v) is 4.82. The average molecular weight is 256 g/mol. The van der Waals surface area contributed by atoms with Crippen molar-refractivity contribution in [2.75, 3.05) is 5.75 Å². The van der Waals surface area contributed by atoms with E-state index in [2.05, 4.69) is 0 Å². The summed E-state index contributed by atoms with van der Waals surface area (Å²) in [4.78, 5) is 23.1. The van der Waals surface area contributed by atoms with E-state index in [0.717, 1.165) is 11.0 Å². The maximum atomic E-state index is 11.8. The molecule has 0 aliphatic heterocycles. The van der Waals surface area contributed by atoms with Crippen molar-refractivity contribution in [1.29, 1.82) is 5.41 Å². The summed E-state index contributed by atoms with van der Waals surface area (Å²) in [7, 11) is 1.46. The summed E-state index contributed by atoms with van der Waals surface area (Å²) in [6, 6.07) is 1.44. The molecule has 0 aromatic carbocycles. The number of amidine groups is 1. The van der Waals surface area contributed by atoms with Crippen LogP contribution in [0.5, 0.6) is 0 Å². The maximum absolute atomic E-state index is 11.8. The van der Waals surface area contributed by atoms with E-state index in [1.54, 1.807) is 11.5 Å². The molecule has 0 bridgehead atoms. The number of rotatable bonds is 4. The van der Waals surface area contributed by atoms with E-state index >= 15 is 0 Å². The molecule has 0 saturated heterocycles. The molecule has 0 aliphatic carbocycles. The van der Waals surface area contributed by atoms with Gasteiger partial charge in [-0.1, -0.05) is 11.8 Å². The number of hydrogen-bond acceptors (Lipinski definition) is 4. The van der Waals surface area contributed by atoms with E-state index in [1.807, 2.05) is 0 Å². The first-order valence-corrected chi connectivity index (χ1v) is 6.16. The first-order valence-electron chi connectivity index (χ1n) is 5.17. The molecule has 1 heterocycles. The van der Waals surface area contributed by atoms with Crippen LogP contribution in [-0.4, -0.2) is 20.1 Å². The summed E-state index contributed by atoms with van der Waals surface area (Å²) in [5.74, 6) is 0.685. The van der Waals surface area contributed by atoms with Gasteiger partial charge in [0.2, 0.25) is 0 Å². The summed E-state index contributed by atoms with van der Waals surface area (Å²) in [5, 5.41) is 7.13. The van der Waals surface area contributed by atoms with Crippen molar-refractivity contribution in [1.82, 2.24) is 9.13 Å². The van der Waals surface area contributed by atoms with Gasteiger partial charge in [0.05, 0.1) is 0 Å². The number of nitrogens with one attached hydrogen (secondary N) is 1. The Labute approximate surface area is 103 Å². The average Bonchev–Trinajstić information content (AvgIpc) is 2.24. The predicted molar refractivity (Wildman–Crippen MR) is 69.7 cm³/mol. The second-order valence-electron chi connectivity index (χ2n) is 3.68. The molecule has 17 heavy (non-hydrogen) atoms. The lowest BCUT2D eigenvalue weighted by molar-refractivity contribution is 0.577. The van der Waals surface area contributed by atoms with E-state index < -0.39 is 0 Å². The summed E-state index contributed by atoms with van der Waals surface area (Å²) in [5.41, 5.74) is 5.27.